The second-order valence-electron chi connectivity index (χ2n) is 3.77. The zero-order chi connectivity index (χ0) is 12.3. The fraction of sp³-hybridized carbons (Fsp3) is 0.385. The highest BCUT2D eigenvalue weighted by atomic mass is 16.5. The molecule has 0 aliphatic heterocycles. The summed E-state index contributed by atoms with van der Waals surface area (Å²) in [6, 6.07) is 5.92. The van der Waals surface area contributed by atoms with Crippen molar-refractivity contribution in [2.24, 2.45) is 0 Å². The van der Waals surface area contributed by atoms with Crippen molar-refractivity contribution in [2.75, 3.05) is 6.61 Å². The molecule has 0 unspecified atom stereocenters. The molecule has 0 saturated carbocycles. The van der Waals surface area contributed by atoms with Crippen molar-refractivity contribution < 1.29 is 9.53 Å². The van der Waals surface area contributed by atoms with Crippen LogP contribution in [0.25, 0.3) is 5.52 Å². The van der Waals surface area contributed by atoms with E-state index in [0.717, 1.165) is 23.5 Å². The van der Waals surface area contributed by atoms with Gasteiger partial charge in [0.15, 0.2) is 0 Å². The minimum absolute atomic E-state index is 0.221. The molecule has 0 N–H and O–H groups in total. The van der Waals surface area contributed by atoms with Gasteiger partial charge in [0.1, 0.15) is 12.2 Å². The number of carbonyl (C=O) groups is 1. The lowest BCUT2D eigenvalue weighted by molar-refractivity contribution is -0.142. The molecule has 0 fully saturated rings. The maximum absolute atomic E-state index is 11.5. The second-order valence-corrected chi connectivity index (χ2v) is 3.77. The molecule has 17 heavy (non-hydrogen) atoms. The van der Waals surface area contributed by atoms with Crippen molar-refractivity contribution in [1.29, 1.82) is 0 Å². The van der Waals surface area contributed by atoms with Gasteiger partial charge in [-0.2, -0.15) is 0 Å². The number of carbonyl (C=O) groups excluding carboxylic acids is 1. The topological polar surface area (TPSA) is 43.6 Å². The Hall–Kier alpha value is -1.84. The molecule has 0 amide bonds. The van der Waals surface area contributed by atoms with E-state index in [4.69, 9.17) is 4.74 Å². The minimum atomic E-state index is -0.231. The minimum Gasteiger partial charge on any atom is -0.466 e. The Bertz CT molecular complexity index is 531. The molecule has 0 radical (unpaired) electrons. The van der Waals surface area contributed by atoms with Gasteiger partial charge in [0.2, 0.25) is 0 Å². The molecule has 4 heteroatoms. The van der Waals surface area contributed by atoms with Crippen molar-refractivity contribution in [3.8, 4) is 0 Å². The third-order valence-corrected chi connectivity index (χ3v) is 2.64. The lowest BCUT2D eigenvalue weighted by Gasteiger charge is -2.01. The van der Waals surface area contributed by atoms with Crippen LogP contribution in [0.4, 0.5) is 0 Å². The van der Waals surface area contributed by atoms with E-state index in [2.05, 4.69) is 11.9 Å². The predicted octanol–water partition coefficient (Wildman–Crippen LogP) is 2.00. The Morgan fingerprint density at radius 2 is 2.24 bits per heavy atom. The molecule has 2 aromatic heterocycles. The number of hydrogen-bond donors (Lipinski definition) is 0. The quantitative estimate of drug-likeness (QED) is 0.757. The number of rotatable bonds is 4. The van der Waals surface area contributed by atoms with Crippen LogP contribution in [-0.4, -0.2) is 22.0 Å². The summed E-state index contributed by atoms with van der Waals surface area (Å²) in [6.45, 7) is 4.27. The number of ether oxygens (including phenoxy) is 1. The zero-order valence-corrected chi connectivity index (χ0v) is 10.1. The second kappa shape index (κ2) is 4.99. The number of nitrogens with zero attached hydrogens (tertiary/aromatic N) is 2. The fourth-order valence-electron chi connectivity index (χ4n) is 1.90. The van der Waals surface area contributed by atoms with Crippen LogP contribution < -0.4 is 0 Å². The molecule has 2 rings (SSSR count). The SMILES string of the molecule is CCOC(=O)Cc1nc(CC)c2ccccn12. The van der Waals surface area contributed by atoms with Crippen LogP contribution >= 0.6 is 0 Å². The molecule has 0 spiro atoms. The Kier molecular flexibility index (Phi) is 3.42. The third-order valence-electron chi connectivity index (χ3n) is 2.64. The summed E-state index contributed by atoms with van der Waals surface area (Å²) in [6.07, 6.45) is 3.01. The molecule has 0 aliphatic carbocycles. The van der Waals surface area contributed by atoms with Gasteiger partial charge in [-0.05, 0) is 25.5 Å². The molecule has 2 aromatic rings. The summed E-state index contributed by atoms with van der Waals surface area (Å²) in [5.41, 5.74) is 2.08. The van der Waals surface area contributed by atoms with Gasteiger partial charge in [-0.1, -0.05) is 13.0 Å². The summed E-state index contributed by atoms with van der Waals surface area (Å²) in [4.78, 5) is 16.0. The van der Waals surface area contributed by atoms with Crippen molar-refractivity contribution in [1.82, 2.24) is 9.38 Å². The van der Waals surface area contributed by atoms with Gasteiger partial charge >= 0.3 is 5.97 Å². The molecule has 0 saturated heterocycles. The molecule has 0 atom stereocenters. The lowest BCUT2D eigenvalue weighted by Crippen LogP contribution is -2.10. The molecule has 90 valence electrons. The van der Waals surface area contributed by atoms with Crippen LogP contribution in [0.2, 0.25) is 0 Å². The number of hydrogen-bond acceptors (Lipinski definition) is 3. The van der Waals surface area contributed by atoms with Gasteiger partial charge in [-0.25, -0.2) is 4.98 Å². The standard InChI is InChI=1S/C13H16N2O2/c1-3-10-11-7-5-6-8-15(11)12(14-10)9-13(16)17-4-2/h5-8H,3-4,9H2,1-2H3. The van der Waals surface area contributed by atoms with Crippen LogP contribution in [0.1, 0.15) is 25.4 Å². The number of pyridine rings is 1. The molecule has 4 nitrogen and oxygen atoms in total. The smallest absolute Gasteiger partial charge is 0.313 e. The molecule has 0 aromatic carbocycles. The van der Waals surface area contributed by atoms with Crippen LogP contribution in [0.15, 0.2) is 24.4 Å². The van der Waals surface area contributed by atoms with Gasteiger partial charge in [0.25, 0.3) is 0 Å². The van der Waals surface area contributed by atoms with Gasteiger partial charge in [0, 0.05) is 6.20 Å². The van der Waals surface area contributed by atoms with Crippen molar-refractivity contribution in [3.05, 3.63) is 35.9 Å². The first kappa shape index (κ1) is 11.6. The first-order chi connectivity index (χ1) is 8.26. The Morgan fingerprint density at radius 1 is 1.41 bits per heavy atom. The van der Waals surface area contributed by atoms with Crippen LogP contribution in [0.3, 0.4) is 0 Å². The first-order valence-corrected chi connectivity index (χ1v) is 5.86. The molecular weight excluding hydrogens is 216 g/mol. The largest absolute Gasteiger partial charge is 0.466 e. The van der Waals surface area contributed by atoms with E-state index in [1.807, 2.05) is 28.8 Å². The van der Waals surface area contributed by atoms with Crippen LogP contribution in [0, 0.1) is 0 Å². The summed E-state index contributed by atoms with van der Waals surface area (Å²) in [5, 5.41) is 0. The van der Waals surface area contributed by atoms with E-state index >= 15 is 0 Å². The number of imidazole rings is 1. The monoisotopic (exact) mass is 232 g/mol. The normalized spacial score (nSPS) is 10.7. The number of aryl methyl sites for hydroxylation is 1. The number of fused-ring (bicyclic) bond motifs is 1. The first-order valence-electron chi connectivity index (χ1n) is 5.86. The molecule has 0 aliphatic rings. The highest BCUT2D eigenvalue weighted by Gasteiger charge is 2.13. The summed E-state index contributed by atoms with van der Waals surface area (Å²) < 4.78 is 6.90. The maximum atomic E-state index is 11.5. The molecular formula is C13H16N2O2. The summed E-state index contributed by atoms with van der Waals surface area (Å²) in [5.74, 6) is 0.516. The van der Waals surface area contributed by atoms with E-state index in [1.165, 1.54) is 0 Å². The van der Waals surface area contributed by atoms with Crippen molar-refractivity contribution >= 4 is 11.5 Å². The molecule has 2 heterocycles. The average molecular weight is 232 g/mol. The highest BCUT2D eigenvalue weighted by Crippen LogP contribution is 2.14. The summed E-state index contributed by atoms with van der Waals surface area (Å²) in [7, 11) is 0. The van der Waals surface area contributed by atoms with E-state index in [1.54, 1.807) is 6.92 Å². The maximum Gasteiger partial charge on any atom is 0.313 e. The van der Waals surface area contributed by atoms with E-state index in [-0.39, 0.29) is 12.4 Å². The zero-order valence-electron chi connectivity index (χ0n) is 10.1. The van der Waals surface area contributed by atoms with Crippen molar-refractivity contribution in [3.63, 3.8) is 0 Å². The Labute approximate surface area is 100 Å². The van der Waals surface area contributed by atoms with Crippen molar-refractivity contribution in [2.45, 2.75) is 26.7 Å². The van der Waals surface area contributed by atoms with Gasteiger partial charge < -0.3 is 9.14 Å². The van der Waals surface area contributed by atoms with Crippen LogP contribution in [0.5, 0.6) is 0 Å². The lowest BCUT2D eigenvalue weighted by atomic mass is 10.3. The number of aromatic nitrogens is 2. The van der Waals surface area contributed by atoms with Gasteiger partial charge in [-0.15, -0.1) is 0 Å². The highest BCUT2D eigenvalue weighted by molar-refractivity contribution is 5.72. The van der Waals surface area contributed by atoms with E-state index in [0.29, 0.717) is 6.61 Å². The molecule has 0 bridgehead atoms. The summed E-state index contributed by atoms with van der Waals surface area (Å²) >= 11 is 0. The number of esters is 1. The van der Waals surface area contributed by atoms with Gasteiger partial charge in [-0.3, -0.25) is 4.79 Å². The van der Waals surface area contributed by atoms with Crippen LogP contribution in [-0.2, 0) is 22.4 Å². The average Bonchev–Trinajstić information content (AvgIpc) is 2.68. The van der Waals surface area contributed by atoms with E-state index < -0.39 is 0 Å². The fourth-order valence-corrected chi connectivity index (χ4v) is 1.90. The third kappa shape index (κ3) is 2.30. The van der Waals surface area contributed by atoms with E-state index in [9.17, 15) is 4.79 Å². The van der Waals surface area contributed by atoms with Gasteiger partial charge in [0.05, 0.1) is 17.8 Å². The predicted molar refractivity (Wildman–Crippen MR) is 64.9 cm³/mol. The Balaban J connectivity index is 2.37. The Morgan fingerprint density at radius 3 is 2.94 bits per heavy atom.